The number of rotatable bonds is 6. The van der Waals surface area contributed by atoms with Gasteiger partial charge < -0.3 is 0 Å². The molecule has 0 unspecified atom stereocenters. The molecule has 5 aromatic carbocycles. The van der Waals surface area contributed by atoms with Gasteiger partial charge >= 0.3 is 0 Å². The third kappa shape index (κ3) is 4.16. The molecule has 2 aromatic heterocycles. The van der Waals surface area contributed by atoms with Crippen LogP contribution in [0.1, 0.15) is 18.9 Å². The summed E-state index contributed by atoms with van der Waals surface area (Å²) in [5.74, 6) is 0.983. The molecule has 0 saturated carbocycles. The predicted octanol–water partition coefficient (Wildman–Crippen LogP) is 10.2. The van der Waals surface area contributed by atoms with E-state index in [-0.39, 0.29) is 0 Å². The highest BCUT2D eigenvalue weighted by Gasteiger charge is 2.22. The molecule has 0 aliphatic rings. The topological polar surface area (TPSA) is 17.8 Å². The second-order valence-corrected chi connectivity index (χ2v) is 10.8. The van der Waals surface area contributed by atoms with Gasteiger partial charge in [-0.3, -0.25) is 4.57 Å². The lowest BCUT2D eigenvalue weighted by molar-refractivity contribution is 0.924. The summed E-state index contributed by atoms with van der Waals surface area (Å²) >= 11 is 1.80. The molecule has 0 spiro atoms. The van der Waals surface area contributed by atoms with Crippen LogP contribution in [0.5, 0.6) is 0 Å². The van der Waals surface area contributed by atoms with Crippen LogP contribution >= 0.6 is 11.3 Å². The minimum Gasteiger partial charge on any atom is -0.291 e. The monoisotopic (exact) mass is 520 g/mol. The summed E-state index contributed by atoms with van der Waals surface area (Å²) in [6, 6.07) is 43.5. The Hall–Kier alpha value is -4.47. The lowest BCUT2D eigenvalue weighted by Gasteiger charge is -2.19. The van der Waals surface area contributed by atoms with E-state index in [9.17, 15) is 0 Å². The number of hydrogen-bond acceptors (Lipinski definition) is 2. The summed E-state index contributed by atoms with van der Waals surface area (Å²) < 4.78 is 3.69. The second kappa shape index (κ2) is 10.0. The van der Waals surface area contributed by atoms with Crippen LogP contribution in [-0.4, -0.2) is 9.55 Å². The Balaban J connectivity index is 1.60. The van der Waals surface area contributed by atoms with Crippen molar-refractivity contribution >= 4 is 32.5 Å². The Kier molecular flexibility index (Phi) is 6.07. The molecular formula is C36H28N2S. The first-order chi connectivity index (χ1) is 19.3. The number of hydrogen-bond donors (Lipinski definition) is 0. The Morgan fingerprint density at radius 2 is 1.33 bits per heavy atom. The summed E-state index contributed by atoms with van der Waals surface area (Å²) in [5, 5.41) is 3.56. The van der Waals surface area contributed by atoms with E-state index in [0.717, 1.165) is 35.4 Å². The lowest BCUT2D eigenvalue weighted by Crippen LogP contribution is -2.03. The third-order valence-electron chi connectivity index (χ3n) is 7.41. The maximum absolute atomic E-state index is 5.30. The largest absolute Gasteiger partial charge is 0.291 e. The summed E-state index contributed by atoms with van der Waals surface area (Å²) in [4.78, 5) is 5.30. The molecule has 2 heterocycles. The first-order valence-electron chi connectivity index (χ1n) is 13.5. The van der Waals surface area contributed by atoms with Gasteiger partial charge in [0.1, 0.15) is 5.82 Å². The molecule has 7 rings (SSSR count). The second-order valence-electron chi connectivity index (χ2n) is 9.92. The first-order valence-corrected chi connectivity index (χ1v) is 14.4. The van der Waals surface area contributed by atoms with Gasteiger partial charge in [0.2, 0.25) is 0 Å². The fourth-order valence-corrected chi connectivity index (χ4v) is 6.53. The van der Waals surface area contributed by atoms with E-state index in [4.69, 9.17) is 4.98 Å². The molecule has 3 heteroatoms. The highest BCUT2D eigenvalue weighted by molar-refractivity contribution is 7.17. The molecule has 7 aromatic rings. The quantitative estimate of drug-likeness (QED) is 0.213. The van der Waals surface area contributed by atoms with Crippen molar-refractivity contribution < 1.29 is 0 Å². The molecule has 0 saturated heterocycles. The van der Waals surface area contributed by atoms with E-state index >= 15 is 0 Å². The molecule has 0 aliphatic carbocycles. The molecule has 0 fully saturated rings. The fraction of sp³-hybridized carbons (Fsp3) is 0.0833. The van der Waals surface area contributed by atoms with Crippen LogP contribution in [0.15, 0.2) is 127 Å². The molecule has 0 atom stereocenters. The number of aryl methyl sites for hydroxylation is 1. The van der Waals surface area contributed by atoms with E-state index in [0.29, 0.717) is 0 Å². The van der Waals surface area contributed by atoms with Crippen molar-refractivity contribution in [1.82, 2.24) is 9.55 Å². The summed E-state index contributed by atoms with van der Waals surface area (Å²) in [6.45, 7) is 2.24. The van der Waals surface area contributed by atoms with Crippen LogP contribution in [0.2, 0.25) is 0 Å². The Morgan fingerprint density at radius 1 is 0.667 bits per heavy atom. The molecule has 39 heavy (non-hydrogen) atoms. The van der Waals surface area contributed by atoms with Crippen molar-refractivity contribution in [3.63, 3.8) is 0 Å². The standard InChI is InChI=1S/C36H28N2S/c1-2-12-25-21-22-34-30(23-25)31(24-39-34)36-37-32-19-9-10-20-33(32)38(36)35-28(26-13-5-3-6-14-26)17-11-18-29(35)27-15-7-4-8-16-27/h3-11,13-24H,2,12H2,1H3. The number of aromatic nitrogens is 2. The van der Waals surface area contributed by atoms with Crippen LogP contribution in [0.3, 0.4) is 0 Å². The number of nitrogens with zero attached hydrogens (tertiary/aromatic N) is 2. The van der Waals surface area contributed by atoms with Gasteiger partial charge in [-0.15, -0.1) is 11.3 Å². The molecule has 0 radical (unpaired) electrons. The zero-order chi connectivity index (χ0) is 26.2. The maximum Gasteiger partial charge on any atom is 0.147 e. The maximum atomic E-state index is 5.30. The van der Waals surface area contributed by atoms with Gasteiger partial charge in [-0.1, -0.05) is 110 Å². The smallest absolute Gasteiger partial charge is 0.147 e. The molecule has 188 valence electrons. The molecule has 0 bridgehead atoms. The summed E-state index contributed by atoms with van der Waals surface area (Å²) in [6.07, 6.45) is 2.21. The number of thiophene rings is 1. The first kappa shape index (κ1) is 23.6. The normalized spacial score (nSPS) is 11.4. The van der Waals surface area contributed by atoms with E-state index in [2.05, 4.69) is 138 Å². The number of para-hydroxylation sites is 3. The minimum absolute atomic E-state index is 0.983. The van der Waals surface area contributed by atoms with E-state index in [1.54, 1.807) is 11.3 Å². The van der Waals surface area contributed by atoms with Crippen molar-refractivity contribution in [3.8, 4) is 39.3 Å². The van der Waals surface area contributed by atoms with Crippen molar-refractivity contribution in [2.45, 2.75) is 19.8 Å². The Bertz CT molecular complexity index is 1860. The molecule has 0 aliphatic heterocycles. The van der Waals surface area contributed by atoms with E-state index < -0.39 is 0 Å². The van der Waals surface area contributed by atoms with Gasteiger partial charge in [-0.25, -0.2) is 4.98 Å². The average molecular weight is 521 g/mol. The van der Waals surface area contributed by atoms with Crippen molar-refractivity contribution in [2.75, 3.05) is 0 Å². The van der Waals surface area contributed by atoms with Crippen LogP contribution in [0, 0.1) is 0 Å². The van der Waals surface area contributed by atoms with Crippen molar-refractivity contribution in [1.29, 1.82) is 0 Å². The molecule has 2 nitrogen and oxygen atoms in total. The van der Waals surface area contributed by atoms with Gasteiger partial charge in [-0.2, -0.15) is 0 Å². The van der Waals surface area contributed by atoms with Gasteiger partial charge in [0, 0.05) is 32.2 Å². The highest BCUT2D eigenvalue weighted by atomic mass is 32.1. The zero-order valence-electron chi connectivity index (χ0n) is 21.8. The average Bonchev–Trinajstić information content (AvgIpc) is 3.59. The summed E-state index contributed by atoms with van der Waals surface area (Å²) in [7, 11) is 0. The number of fused-ring (bicyclic) bond motifs is 2. The minimum atomic E-state index is 0.983. The van der Waals surface area contributed by atoms with E-state index in [1.807, 2.05) is 0 Å². The summed E-state index contributed by atoms with van der Waals surface area (Å²) in [5.41, 5.74) is 10.6. The number of imidazole rings is 1. The van der Waals surface area contributed by atoms with Gasteiger partial charge in [0.15, 0.2) is 0 Å². The van der Waals surface area contributed by atoms with Crippen LogP contribution in [0.25, 0.3) is 60.4 Å². The fourth-order valence-electron chi connectivity index (χ4n) is 5.61. The van der Waals surface area contributed by atoms with Crippen LogP contribution < -0.4 is 0 Å². The Morgan fingerprint density at radius 3 is 2.03 bits per heavy atom. The molecular weight excluding hydrogens is 492 g/mol. The number of benzene rings is 5. The molecule has 0 amide bonds. The predicted molar refractivity (Wildman–Crippen MR) is 167 cm³/mol. The van der Waals surface area contributed by atoms with Gasteiger partial charge in [0.25, 0.3) is 0 Å². The lowest BCUT2D eigenvalue weighted by atomic mass is 9.95. The van der Waals surface area contributed by atoms with Crippen LogP contribution in [0.4, 0.5) is 0 Å². The van der Waals surface area contributed by atoms with E-state index in [1.165, 1.54) is 43.5 Å². The zero-order valence-corrected chi connectivity index (χ0v) is 22.7. The highest BCUT2D eigenvalue weighted by Crippen LogP contribution is 2.42. The van der Waals surface area contributed by atoms with Gasteiger partial charge in [0.05, 0.1) is 16.7 Å². The molecule has 0 N–H and O–H groups in total. The SMILES string of the molecule is CCCc1ccc2scc(-c3nc4ccccc4n3-c3c(-c4ccccc4)cccc3-c3ccccc3)c2c1. The van der Waals surface area contributed by atoms with Crippen molar-refractivity contribution in [3.05, 3.63) is 132 Å². The Labute approximate surface area is 232 Å². The van der Waals surface area contributed by atoms with Crippen molar-refractivity contribution in [2.24, 2.45) is 0 Å². The van der Waals surface area contributed by atoms with Crippen LogP contribution in [-0.2, 0) is 6.42 Å². The van der Waals surface area contributed by atoms with Gasteiger partial charge in [-0.05, 0) is 47.4 Å². The third-order valence-corrected chi connectivity index (χ3v) is 8.37.